The number of hydrogen-bond acceptors (Lipinski definition) is 2. The molecule has 3 aliphatic carbocycles. The maximum absolute atomic E-state index is 13.3. The molecule has 8 atom stereocenters. The molecule has 4 heteroatoms. The Labute approximate surface area is 192 Å². The first-order valence-corrected chi connectivity index (χ1v) is 12.5. The predicted octanol–water partition coefficient (Wildman–Crippen LogP) is 4.90. The molecule has 0 saturated heterocycles. The van der Waals surface area contributed by atoms with Crippen molar-refractivity contribution in [3.8, 4) is 0 Å². The molecule has 1 aromatic carbocycles. The average molecular weight is 435 g/mol. The molecule has 0 bridgehead atoms. The first-order valence-electron chi connectivity index (χ1n) is 12.5. The van der Waals surface area contributed by atoms with E-state index in [0.29, 0.717) is 17.8 Å². The van der Waals surface area contributed by atoms with Crippen molar-refractivity contribution >= 4 is 11.8 Å². The summed E-state index contributed by atoms with van der Waals surface area (Å²) in [7, 11) is 1.97. The molecule has 0 radical (unpaired) electrons. The summed E-state index contributed by atoms with van der Waals surface area (Å²) in [5.41, 5.74) is 6.96. The minimum atomic E-state index is -0.503. The summed E-state index contributed by atoms with van der Waals surface area (Å²) in [5, 5.41) is 0. The van der Waals surface area contributed by atoms with Gasteiger partial charge in [-0.25, -0.2) is 0 Å². The Morgan fingerprint density at radius 3 is 2.44 bits per heavy atom. The van der Waals surface area contributed by atoms with Crippen molar-refractivity contribution in [1.29, 1.82) is 0 Å². The Bertz CT molecular complexity index is 957. The smallest absolute Gasteiger partial charge is 0.246 e. The first-order chi connectivity index (χ1) is 15.2. The van der Waals surface area contributed by atoms with Crippen molar-refractivity contribution in [2.24, 2.45) is 39.7 Å². The third-order valence-electron chi connectivity index (χ3n) is 10.9. The van der Waals surface area contributed by atoms with Crippen LogP contribution in [0.3, 0.4) is 0 Å². The Morgan fingerprint density at radius 2 is 1.75 bits per heavy atom. The van der Waals surface area contributed by atoms with Gasteiger partial charge in [-0.3, -0.25) is 9.59 Å². The van der Waals surface area contributed by atoms with E-state index >= 15 is 0 Å². The van der Waals surface area contributed by atoms with E-state index in [1.165, 1.54) is 5.56 Å². The summed E-state index contributed by atoms with van der Waals surface area (Å²) in [6.07, 6.45) is 10.3. The normalized spacial score (nSPS) is 43.9. The van der Waals surface area contributed by atoms with Crippen LogP contribution in [0, 0.1) is 34.0 Å². The number of nitrogens with two attached hydrogens (primary N) is 1. The number of benzene rings is 1. The highest BCUT2D eigenvalue weighted by Crippen LogP contribution is 2.71. The zero-order chi connectivity index (χ0) is 22.9. The van der Waals surface area contributed by atoms with Gasteiger partial charge in [-0.2, -0.15) is 0 Å². The number of hydrogen-bond donors (Lipinski definition) is 1. The molecule has 0 spiro atoms. The lowest BCUT2D eigenvalue weighted by molar-refractivity contribution is -0.152. The van der Waals surface area contributed by atoms with Crippen LogP contribution in [0.2, 0.25) is 0 Å². The van der Waals surface area contributed by atoms with Gasteiger partial charge in [-0.05, 0) is 79.3 Å². The summed E-state index contributed by atoms with van der Waals surface area (Å²) in [6.45, 7) is 6.98. The highest BCUT2D eigenvalue weighted by Gasteiger charge is 2.68. The summed E-state index contributed by atoms with van der Waals surface area (Å²) in [6, 6.07) is 10.8. The lowest BCUT2D eigenvalue weighted by Crippen LogP contribution is -2.61. The second-order valence-corrected chi connectivity index (χ2v) is 11.6. The van der Waals surface area contributed by atoms with Crippen LogP contribution in [-0.2, 0) is 9.59 Å². The number of primary amides is 1. The molecule has 3 fully saturated rings. The van der Waals surface area contributed by atoms with Crippen LogP contribution in [0.25, 0.3) is 0 Å². The molecule has 4 nitrogen and oxygen atoms in total. The molecular formula is C28H38N2O2. The maximum atomic E-state index is 13.3. The zero-order valence-corrected chi connectivity index (χ0v) is 20.0. The lowest BCUT2D eigenvalue weighted by atomic mass is 9.44. The Morgan fingerprint density at radius 1 is 1.06 bits per heavy atom. The average Bonchev–Trinajstić information content (AvgIpc) is 3.11. The number of carbonyl (C=O) groups is 2. The van der Waals surface area contributed by atoms with Gasteiger partial charge < -0.3 is 10.6 Å². The first kappa shape index (κ1) is 21.7. The quantitative estimate of drug-likeness (QED) is 0.735. The molecule has 2 unspecified atom stereocenters. The molecular weight excluding hydrogens is 396 g/mol. The minimum Gasteiger partial charge on any atom is -0.369 e. The zero-order valence-electron chi connectivity index (χ0n) is 20.0. The molecule has 2 N–H and O–H groups in total. The van der Waals surface area contributed by atoms with E-state index in [2.05, 4.69) is 51.1 Å². The SMILES string of the molecule is C[C@H](c1ccccc1)C1(C(N)=O)CC[C@H]2[C@@H]3CCC4N(C)C(=O)C=C[C@]4(C)[C@@H]3CC[C@@]21C. The molecule has 5 rings (SSSR count). The fourth-order valence-electron chi connectivity index (χ4n) is 9.17. The van der Waals surface area contributed by atoms with Gasteiger partial charge in [0.05, 0.1) is 5.41 Å². The molecule has 32 heavy (non-hydrogen) atoms. The number of nitrogens with zero attached hydrogens (tertiary/aromatic N) is 1. The summed E-state index contributed by atoms with van der Waals surface area (Å²) in [5.74, 6) is 1.79. The molecule has 1 aliphatic heterocycles. The summed E-state index contributed by atoms with van der Waals surface area (Å²) < 4.78 is 0. The van der Waals surface area contributed by atoms with Crippen molar-refractivity contribution < 1.29 is 9.59 Å². The molecule has 4 aliphatic rings. The van der Waals surface area contributed by atoms with Crippen LogP contribution >= 0.6 is 0 Å². The summed E-state index contributed by atoms with van der Waals surface area (Å²) in [4.78, 5) is 27.6. The highest BCUT2D eigenvalue weighted by molar-refractivity contribution is 5.89. The third kappa shape index (κ3) is 2.61. The van der Waals surface area contributed by atoms with Crippen LogP contribution in [-0.4, -0.2) is 29.8 Å². The van der Waals surface area contributed by atoms with Gasteiger partial charge in [0.25, 0.3) is 0 Å². The highest BCUT2D eigenvalue weighted by atomic mass is 16.2. The molecule has 3 saturated carbocycles. The second kappa shape index (κ2) is 7.20. The Balaban J connectivity index is 1.53. The van der Waals surface area contributed by atoms with Crippen molar-refractivity contribution in [2.45, 2.75) is 71.3 Å². The van der Waals surface area contributed by atoms with Gasteiger partial charge in [-0.15, -0.1) is 0 Å². The van der Waals surface area contributed by atoms with E-state index in [0.717, 1.165) is 38.5 Å². The Kier molecular flexibility index (Phi) is 4.89. The molecule has 0 aromatic heterocycles. The van der Waals surface area contributed by atoms with Gasteiger partial charge in [0.15, 0.2) is 0 Å². The van der Waals surface area contributed by atoms with Crippen molar-refractivity contribution in [3.05, 3.63) is 48.0 Å². The van der Waals surface area contributed by atoms with Crippen molar-refractivity contribution in [2.75, 3.05) is 7.05 Å². The second-order valence-electron chi connectivity index (χ2n) is 11.6. The fraction of sp³-hybridized carbons (Fsp3) is 0.643. The van der Waals surface area contributed by atoms with E-state index in [9.17, 15) is 9.59 Å². The number of likely N-dealkylation sites (N-methyl/N-ethyl adjacent to an activating group) is 1. The molecule has 1 heterocycles. The van der Waals surface area contributed by atoms with Gasteiger partial charge in [-0.1, -0.05) is 57.2 Å². The van der Waals surface area contributed by atoms with E-state index in [4.69, 9.17) is 5.73 Å². The minimum absolute atomic E-state index is 0.0237. The topological polar surface area (TPSA) is 63.4 Å². The van der Waals surface area contributed by atoms with Crippen LogP contribution < -0.4 is 5.73 Å². The Hall–Kier alpha value is -2.10. The van der Waals surface area contributed by atoms with E-state index < -0.39 is 5.41 Å². The third-order valence-corrected chi connectivity index (χ3v) is 10.9. The summed E-state index contributed by atoms with van der Waals surface area (Å²) >= 11 is 0. The monoisotopic (exact) mass is 434 g/mol. The van der Waals surface area contributed by atoms with E-state index in [-0.39, 0.29) is 34.6 Å². The number of rotatable bonds is 3. The maximum Gasteiger partial charge on any atom is 0.246 e. The van der Waals surface area contributed by atoms with Crippen LogP contribution in [0.4, 0.5) is 0 Å². The largest absolute Gasteiger partial charge is 0.369 e. The van der Waals surface area contributed by atoms with Gasteiger partial charge in [0.1, 0.15) is 0 Å². The van der Waals surface area contributed by atoms with Crippen LogP contribution in [0.5, 0.6) is 0 Å². The standard InChI is InChI=1S/C28H38N2O2/c1-18(19-8-6-5-7-9-19)28(25(29)32)17-13-22-20-10-11-23-26(2,15-14-24(31)30(23)4)21(20)12-16-27(22,28)3/h5-9,14-15,18,20-23H,10-13,16-17H2,1-4H3,(H2,29,32)/t18-,20-,21-,22+,23?,26-,27+,28?/m1/s1. The van der Waals surface area contributed by atoms with E-state index in [1.807, 2.05) is 18.0 Å². The molecule has 1 aromatic rings. The lowest BCUT2D eigenvalue weighted by Gasteiger charge is -2.62. The van der Waals surface area contributed by atoms with Crippen molar-refractivity contribution in [3.63, 3.8) is 0 Å². The molecule has 172 valence electrons. The number of carbonyl (C=O) groups excluding carboxylic acids is 2. The van der Waals surface area contributed by atoms with Gasteiger partial charge in [0.2, 0.25) is 11.8 Å². The molecule has 2 amide bonds. The van der Waals surface area contributed by atoms with Crippen LogP contribution in [0.15, 0.2) is 42.5 Å². The number of fused-ring (bicyclic) bond motifs is 5. The number of amides is 2. The van der Waals surface area contributed by atoms with Gasteiger partial charge in [0, 0.05) is 18.5 Å². The predicted molar refractivity (Wildman–Crippen MR) is 127 cm³/mol. The van der Waals surface area contributed by atoms with Crippen molar-refractivity contribution in [1.82, 2.24) is 4.90 Å². The van der Waals surface area contributed by atoms with Crippen LogP contribution in [0.1, 0.15) is 70.8 Å². The van der Waals surface area contributed by atoms with Gasteiger partial charge >= 0.3 is 0 Å². The van der Waals surface area contributed by atoms with E-state index in [1.54, 1.807) is 6.08 Å². The fourth-order valence-corrected chi connectivity index (χ4v) is 9.17.